The zero-order valence-electron chi connectivity index (χ0n) is 31.2. The quantitative estimate of drug-likeness (QED) is 0.146. The molecule has 0 atom stereocenters. The smallest absolute Gasteiger partial charge is 0.136 e. The fourth-order valence-corrected chi connectivity index (χ4v) is 6.95. The van der Waals surface area contributed by atoms with Crippen LogP contribution in [-0.2, 0) is 21.1 Å². The van der Waals surface area contributed by atoms with Crippen molar-refractivity contribution >= 4 is 28.0 Å². The Morgan fingerprint density at radius 2 is 1.29 bits per heavy atom. The number of aromatic nitrogens is 3. The van der Waals surface area contributed by atoms with Gasteiger partial charge in [-0.1, -0.05) is 124 Å². The Balaban J connectivity index is 0.00000465. The van der Waals surface area contributed by atoms with Gasteiger partial charge in [0.25, 0.3) is 0 Å². The van der Waals surface area contributed by atoms with Crippen LogP contribution >= 0.6 is 0 Å². The first-order chi connectivity index (χ1) is 26.3. The van der Waals surface area contributed by atoms with Gasteiger partial charge in [-0.2, -0.15) is 0 Å². The summed E-state index contributed by atoms with van der Waals surface area (Å²) in [6, 6.07) is 53.1. The Morgan fingerprint density at radius 3 is 2.02 bits per heavy atom. The zero-order chi connectivity index (χ0) is 37.2. The maximum Gasteiger partial charge on any atom is 0.136 e. The zero-order valence-corrected chi connectivity index (χ0v) is 33.5. The maximum absolute atomic E-state index is 11.2. The van der Waals surface area contributed by atoms with Crippen LogP contribution in [0.5, 0.6) is 5.75 Å². The molecule has 274 valence electrons. The van der Waals surface area contributed by atoms with Crippen molar-refractivity contribution in [1.29, 1.82) is 0 Å². The summed E-state index contributed by atoms with van der Waals surface area (Å²) >= 11 is 0. The first kappa shape index (κ1) is 37.4. The van der Waals surface area contributed by atoms with E-state index in [1.165, 1.54) is 11.1 Å². The number of phenols is 1. The van der Waals surface area contributed by atoms with Crippen LogP contribution in [0.4, 0.5) is 17.2 Å². The van der Waals surface area contributed by atoms with Crippen molar-refractivity contribution in [2.45, 2.75) is 39.5 Å². The number of hydrogen-bond acceptors (Lipinski definition) is 5. The number of nitrogens with zero attached hydrogens (tertiary/aromatic N) is 4. The Kier molecular flexibility index (Phi) is 11.0. The summed E-state index contributed by atoms with van der Waals surface area (Å²) < 4.78 is 0. The van der Waals surface area contributed by atoms with Gasteiger partial charge in [-0.15, -0.1) is 23.8 Å². The minimum absolute atomic E-state index is 0. The molecule has 0 bridgehead atoms. The van der Waals surface area contributed by atoms with Gasteiger partial charge in [0.1, 0.15) is 11.6 Å². The standard InChI is InChI=1S/C49H41N4O.Pt/c1-32(2)36-25-37(33(3)4)27-40(26-36)48-49(43-20-10-11-22-46(43)54)52-44(31-51-48)39-28-38(34-15-6-5-7-16-34)29-41(30-39)53(47-23-12-13-24-50-47)45-21-14-18-35-17-8-9-19-42(35)45;/h5-29,31-33,54H,1-4H3;/q-1;. The van der Waals surface area contributed by atoms with Crippen molar-refractivity contribution < 1.29 is 26.2 Å². The Morgan fingerprint density at radius 1 is 0.600 bits per heavy atom. The summed E-state index contributed by atoms with van der Waals surface area (Å²) in [5.74, 6) is 1.58. The molecule has 5 nitrogen and oxygen atoms in total. The molecule has 6 aromatic carbocycles. The van der Waals surface area contributed by atoms with Crippen LogP contribution in [0.1, 0.15) is 50.7 Å². The van der Waals surface area contributed by atoms with Crippen LogP contribution in [0.2, 0.25) is 0 Å². The summed E-state index contributed by atoms with van der Waals surface area (Å²) in [5, 5.41) is 13.5. The van der Waals surface area contributed by atoms with E-state index in [1.54, 1.807) is 6.07 Å². The van der Waals surface area contributed by atoms with Gasteiger partial charge < -0.3 is 10.0 Å². The van der Waals surface area contributed by atoms with Crippen molar-refractivity contribution in [2.24, 2.45) is 0 Å². The molecule has 0 unspecified atom stereocenters. The van der Waals surface area contributed by atoms with E-state index in [0.717, 1.165) is 55.9 Å². The molecule has 2 aromatic heterocycles. The van der Waals surface area contributed by atoms with E-state index >= 15 is 0 Å². The molecule has 0 fully saturated rings. The molecule has 6 heteroatoms. The monoisotopic (exact) mass is 896 g/mol. The SMILES string of the molecule is CC(C)c1cc(-c2ncc(-c3[c-]c(N(c4ccccn4)c4cccc5ccccc45)cc(-c4ccccc4)c3)nc2-c2ccccc2O)cc(C(C)C)c1.[Pt]. The molecule has 0 aliphatic heterocycles. The summed E-state index contributed by atoms with van der Waals surface area (Å²) in [6.45, 7) is 8.84. The van der Waals surface area contributed by atoms with Crippen molar-refractivity contribution in [1.82, 2.24) is 15.0 Å². The number of pyridine rings is 1. The summed E-state index contributed by atoms with van der Waals surface area (Å²) in [5.41, 5.74) is 10.7. The molecule has 0 saturated carbocycles. The van der Waals surface area contributed by atoms with E-state index in [0.29, 0.717) is 28.8 Å². The molecule has 0 spiro atoms. The normalized spacial score (nSPS) is 11.2. The van der Waals surface area contributed by atoms with Crippen LogP contribution in [0.25, 0.3) is 55.7 Å². The molecule has 0 aliphatic rings. The predicted octanol–water partition coefficient (Wildman–Crippen LogP) is 12.9. The van der Waals surface area contributed by atoms with Crippen LogP contribution in [-0.4, -0.2) is 20.1 Å². The Bertz CT molecular complexity index is 2560. The van der Waals surface area contributed by atoms with E-state index < -0.39 is 0 Å². The second kappa shape index (κ2) is 16.2. The topological polar surface area (TPSA) is 62.1 Å². The van der Waals surface area contributed by atoms with Gasteiger partial charge in [0.15, 0.2) is 0 Å². The number of rotatable bonds is 9. The first-order valence-corrected chi connectivity index (χ1v) is 18.5. The van der Waals surface area contributed by atoms with E-state index in [-0.39, 0.29) is 26.8 Å². The maximum atomic E-state index is 11.2. The molecule has 2 heterocycles. The fourth-order valence-electron chi connectivity index (χ4n) is 6.95. The molecule has 8 aromatic rings. The number of para-hydroxylation sites is 1. The van der Waals surface area contributed by atoms with Crippen LogP contribution < -0.4 is 4.90 Å². The van der Waals surface area contributed by atoms with Crippen molar-refractivity contribution in [3.63, 3.8) is 0 Å². The van der Waals surface area contributed by atoms with Gasteiger partial charge >= 0.3 is 0 Å². The number of aromatic hydroxyl groups is 1. The van der Waals surface area contributed by atoms with Gasteiger partial charge in [0.05, 0.1) is 17.1 Å². The number of anilines is 3. The average Bonchev–Trinajstić information content (AvgIpc) is 3.21. The van der Waals surface area contributed by atoms with Gasteiger partial charge in [-0.3, -0.25) is 9.97 Å². The third kappa shape index (κ3) is 7.72. The molecule has 0 radical (unpaired) electrons. The van der Waals surface area contributed by atoms with Gasteiger partial charge in [-0.05, 0) is 82.1 Å². The summed E-state index contributed by atoms with van der Waals surface area (Å²) in [4.78, 5) is 17.5. The molecule has 1 N–H and O–H groups in total. The number of fused-ring (bicyclic) bond motifs is 1. The number of hydrogen-bond donors (Lipinski definition) is 1. The van der Waals surface area contributed by atoms with E-state index in [4.69, 9.17) is 15.0 Å². The minimum Gasteiger partial charge on any atom is -0.507 e. The summed E-state index contributed by atoms with van der Waals surface area (Å²) in [7, 11) is 0. The van der Waals surface area contributed by atoms with E-state index in [1.807, 2.05) is 67.0 Å². The molecule has 0 saturated heterocycles. The minimum atomic E-state index is 0. The fraction of sp³-hybridized carbons (Fsp3) is 0.122. The van der Waals surface area contributed by atoms with Crippen LogP contribution in [0.3, 0.4) is 0 Å². The van der Waals surface area contributed by atoms with Crippen LogP contribution in [0, 0.1) is 6.07 Å². The molecular formula is C49H41N4OPt-. The Labute approximate surface area is 337 Å². The van der Waals surface area contributed by atoms with Crippen LogP contribution in [0.15, 0.2) is 158 Å². The third-order valence-corrected chi connectivity index (χ3v) is 9.88. The summed E-state index contributed by atoms with van der Waals surface area (Å²) in [6.07, 6.45) is 3.65. The first-order valence-electron chi connectivity index (χ1n) is 18.5. The predicted molar refractivity (Wildman–Crippen MR) is 222 cm³/mol. The average molecular weight is 897 g/mol. The molecule has 0 amide bonds. The second-order valence-electron chi connectivity index (χ2n) is 14.2. The second-order valence-corrected chi connectivity index (χ2v) is 14.2. The molecular weight excluding hydrogens is 856 g/mol. The van der Waals surface area contributed by atoms with E-state index in [9.17, 15) is 5.11 Å². The van der Waals surface area contributed by atoms with Crippen molar-refractivity contribution in [3.8, 4) is 50.6 Å². The van der Waals surface area contributed by atoms with E-state index in [2.05, 4.69) is 124 Å². The molecule has 0 aliphatic carbocycles. The largest absolute Gasteiger partial charge is 0.507 e. The molecule has 55 heavy (non-hydrogen) atoms. The van der Waals surface area contributed by atoms with Crippen molar-refractivity contribution in [3.05, 3.63) is 175 Å². The van der Waals surface area contributed by atoms with Gasteiger partial charge in [0, 0.05) is 55.7 Å². The Hall–Kier alpha value is -5.90. The van der Waals surface area contributed by atoms with Gasteiger partial charge in [0.2, 0.25) is 0 Å². The van der Waals surface area contributed by atoms with Crippen molar-refractivity contribution in [2.75, 3.05) is 4.90 Å². The molecule has 8 rings (SSSR count). The van der Waals surface area contributed by atoms with Gasteiger partial charge in [-0.25, -0.2) is 4.98 Å². The number of phenolic OH excluding ortho intramolecular Hbond substituents is 1. The third-order valence-electron chi connectivity index (χ3n) is 9.88. The number of benzene rings is 6.